The molecule has 1 aliphatic rings. The summed E-state index contributed by atoms with van der Waals surface area (Å²) in [7, 11) is 2.10. The molecule has 0 N–H and O–H groups in total. The fraction of sp³-hybridized carbons (Fsp3) is 0.296. The first-order valence-corrected chi connectivity index (χ1v) is 10.6. The molecule has 0 saturated heterocycles. The van der Waals surface area contributed by atoms with E-state index >= 15 is 0 Å². The topological polar surface area (TPSA) is 27.0 Å². The lowest BCUT2D eigenvalue weighted by Gasteiger charge is -2.31. The number of likely N-dealkylation sites (N-methyl/N-ethyl adjacent to an activating group) is 1. The lowest BCUT2D eigenvalue weighted by molar-refractivity contribution is 0.315. The highest BCUT2D eigenvalue weighted by Crippen LogP contribution is 2.41. The third kappa shape index (κ3) is 4.01. The Kier molecular flexibility index (Phi) is 5.97. The van der Waals surface area contributed by atoms with Gasteiger partial charge in [-0.25, -0.2) is 4.39 Å². The van der Waals surface area contributed by atoms with Crippen molar-refractivity contribution < 1.29 is 4.39 Å². The van der Waals surface area contributed by atoms with E-state index in [-0.39, 0.29) is 5.82 Å². The van der Waals surface area contributed by atoms with Crippen molar-refractivity contribution in [2.45, 2.75) is 31.1 Å². The normalized spacial score (nSPS) is 14.5. The van der Waals surface area contributed by atoms with E-state index < -0.39 is 5.41 Å². The molecule has 0 bridgehead atoms. The first kappa shape index (κ1) is 20.3. The molecule has 3 aromatic rings. The summed E-state index contributed by atoms with van der Waals surface area (Å²) in [5.74, 6) is -0.200. The summed E-state index contributed by atoms with van der Waals surface area (Å²) < 4.78 is 13.1. The fourth-order valence-electron chi connectivity index (χ4n) is 4.61. The van der Waals surface area contributed by atoms with E-state index in [1.807, 2.05) is 12.1 Å². The van der Waals surface area contributed by atoms with Crippen molar-refractivity contribution in [2.24, 2.45) is 0 Å². The highest BCUT2D eigenvalue weighted by Gasteiger charge is 2.39. The first-order valence-electron chi connectivity index (χ1n) is 10.6. The van der Waals surface area contributed by atoms with Crippen LogP contribution in [0, 0.1) is 17.1 Å². The van der Waals surface area contributed by atoms with Gasteiger partial charge in [0, 0.05) is 13.1 Å². The lowest BCUT2D eigenvalue weighted by Crippen LogP contribution is -2.33. The maximum Gasteiger partial charge on any atom is 0.123 e. The number of nitrogens with zero attached hydrogens (tertiary/aromatic N) is 2. The molecule has 0 radical (unpaired) electrons. The van der Waals surface area contributed by atoms with Crippen LogP contribution in [0.2, 0.25) is 0 Å². The largest absolute Gasteiger partial charge is 0.306 e. The van der Waals surface area contributed by atoms with Crippen molar-refractivity contribution in [1.82, 2.24) is 4.90 Å². The van der Waals surface area contributed by atoms with Crippen LogP contribution in [0.25, 0.3) is 0 Å². The van der Waals surface area contributed by atoms with Crippen LogP contribution in [0.5, 0.6) is 0 Å². The standard InChI is InChI=1S/C27H27FN2/c1-30(18-16-21-10-14-24(28)15-11-21)19-17-27(20-29)25-8-4-2-6-22(25)12-13-23-7-3-5-9-26(23)27/h2-11,14-15H,12-13,16-19H2,1H3. The van der Waals surface area contributed by atoms with Crippen molar-refractivity contribution >= 4 is 0 Å². The van der Waals surface area contributed by atoms with Crippen LogP contribution in [0.15, 0.2) is 72.8 Å². The molecule has 0 unspecified atom stereocenters. The molecular weight excluding hydrogens is 371 g/mol. The Morgan fingerprint density at radius 3 is 2.00 bits per heavy atom. The molecule has 1 aliphatic carbocycles. The maximum atomic E-state index is 13.1. The Labute approximate surface area is 178 Å². The van der Waals surface area contributed by atoms with E-state index in [9.17, 15) is 9.65 Å². The molecule has 3 heteroatoms. The minimum Gasteiger partial charge on any atom is -0.306 e. The van der Waals surface area contributed by atoms with E-state index in [0.717, 1.165) is 55.5 Å². The summed E-state index contributed by atoms with van der Waals surface area (Å²) in [5, 5.41) is 10.5. The van der Waals surface area contributed by atoms with Crippen molar-refractivity contribution in [3.05, 3.63) is 106 Å². The average Bonchev–Trinajstić information content (AvgIpc) is 2.92. The first-order chi connectivity index (χ1) is 14.6. The smallest absolute Gasteiger partial charge is 0.123 e. The predicted molar refractivity (Wildman–Crippen MR) is 119 cm³/mol. The zero-order valence-electron chi connectivity index (χ0n) is 17.4. The molecule has 3 aromatic carbocycles. The number of hydrogen-bond donors (Lipinski definition) is 0. The van der Waals surface area contributed by atoms with Gasteiger partial charge in [-0.2, -0.15) is 5.26 Å². The molecule has 4 rings (SSSR count). The van der Waals surface area contributed by atoms with E-state index in [0.29, 0.717) is 0 Å². The van der Waals surface area contributed by atoms with Gasteiger partial charge in [-0.3, -0.25) is 0 Å². The van der Waals surface area contributed by atoms with Crippen molar-refractivity contribution in [3.63, 3.8) is 0 Å². The Bertz CT molecular complexity index is 1000. The predicted octanol–water partition coefficient (Wildman–Crippen LogP) is 5.30. The van der Waals surface area contributed by atoms with E-state index in [1.165, 1.54) is 23.3 Å². The van der Waals surface area contributed by atoms with Gasteiger partial charge in [0.1, 0.15) is 11.2 Å². The minimum absolute atomic E-state index is 0.200. The maximum absolute atomic E-state index is 13.1. The molecule has 0 aromatic heterocycles. The second-order valence-corrected chi connectivity index (χ2v) is 8.26. The van der Waals surface area contributed by atoms with Crippen LogP contribution < -0.4 is 0 Å². The summed E-state index contributed by atoms with van der Waals surface area (Å²) in [6.45, 7) is 1.69. The number of nitriles is 1. The lowest BCUT2D eigenvalue weighted by atomic mass is 9.71. The number of benzene rings is 3. The van der Waals surface area contributed by atoms with Crippen molar-refractivity contribution in [2.75, 3.05) is 20.1 Å². The van der Waals surface area contributed by atoms with Gasteiger partial charge in [0.25, 0.3) is 0 Å². The van der Waals surface area contributed by atoms with Gasteiger partial charge in [0.15, 0.2) is 0 Å². The summed E-state index contributed by atoms with van der Waals surface area (Å²) in [6.07, 6.45) is 3.55. The Balaban J connectivity index is 1.57. The van der Waals surface area contributed by atoms with E-state index in [2.05, 4.69) is 66.5 Å². The monoisotopic (exact) mass is 398 g/mol. The Morgan fingerprint density at radius 1 is 0.867 bits per heavy atom. The average molecular weight is 399 g/mol. The number of halogens is 1. The van der Waals surface area contributed by atoms with E-state index in [1.54, 1.807) is 0 Å². The number of rotatable bonds is 6. The van der Waals surface area contributed by atoms with Gasteiger partial charge in [-0.05, 0) is 72.7 Å². The van der Waals surface area contributed by atoms with Gasteiger partial charge in [0.05, 0.1) is 6.07 Å². The highest BCUT2D eigenvalue weighted by atomic mass is 19.1. The quantitative estimate of drug-likeness (QED) is 0.563. The molecule has 152 valence electrons. The minimum atomic E-state index is -0.631. The molecular formula is C27H27FN2. The van der Waals surface area contributed by atoms with Gasteiger partial charge < -0.3 is 4.90 Å². The summed E-state index contributed by atoms with van der Waals surface area (Å²) >= 11 is 0. The van der Waals surface area contributed by atoms with Crippen LogP contribution in [0.1, 0.15) is 34.2 Å². The zero-order valence-corrected chi connectivity index (χ0v) is 17.4. The molecule has 0 amide bonds. The Morgan fingerprint density at radius 2 is 1.43 bits per heavy atom. The van der Waals surface area contributed by atoms with Crippen LogP contribution >= 0.6 is 0 Å². The summed E-state index contributed by atoms with van der Waals surface area (Å²) in [4.78, 5) is 2.28. The molecule has 0 heterocycles. The molecule has 2 nitrogen and oxygen atoms in total. The van der Waals surface area contributed by atoms with Gasteiger partial charge in [-0.1, -0.05) is 60.7 Å². The molecule has 0 fully saturated rings. The summed E-state index contributed by atoms with van der Waals surface area (Å²) in [5.41, 5.74) is 5.37. The number of hydrogen-bond acceptors (Lipinski definition) is 2. The highest BCUT2D eigenvalue weighted by molar-refractivity contribution is 5.54. The van der Waals surface area contributed by atoms with Crippen molar-refractivity contribution in [3.8, 4) is 6.07 Å². The van der Waals surface area contributed by atoms with Crippen LogP contribution in [-0.4, -0.2) is 25.0 Å². The van der Waals surface area contributed by atoms with Crippen LogP contribution in [0.3, 0.4) is 0 Å². The van der Waals surface area contributed by atoms with Crippen molar-refractivity contribution in [1.29, 1.82) is 5.26 Å². The second-order valence-electron chi connectivity index (χ2n) is 8.26. The molecule has 0 spiro atoms. The zero-order chi connectivity index (χ0) is 21.0. The van der Waals surface area contributed by atoms with Crippen LogP contribution in [0.4, 0.5) is 4.39 Å². The van der Waals surface area contributed by atoms with Crippen LogP contribution in [-0.2, 0) is 24.7 Å². The SMILES string of the molecule is CN(CCc1ccc(F)cc1)CCC1(C#N)c2ccccc2CCc2ccccc21. The Hall–Kier alpha value is -2.96. The van der Waals surface area contributed by atoms with Gasteiger partial charge >= 0.3 is 0 Å². The third-order valence-electron chi connectivity index (χ3n) is 6.37. The molecule has 0 atom stereocenters. The molecule has 0 saturated carbocycles. The second kappa shape index (κ2) is 8.81. The van der Waals surface area contributed by atoms with E-state index in [4.69, 9.17) is 0 Å². The fourth-order valence-corrected chi connectivity index (χ4v) is 4.61. The number of aryl methyl sites for hydroxylation is 2. The molecule has 0 aliphatic heterocycles. The summed E-state index contributed by atoms with van der Waals surface area (Å²) in [6, 6.07) is 26.3. The van der Waals surface area contributed by atoms with Gasteiger partial charge in [0.2, 0.25) is 0 Å². The number of fused-ring (bicyclic) bond motifs is 2. The third-order valence-corrected chi connectivity index (χ3v) is 6.37. The molecule has 30 heavy (non-hydrogen) atoms. The van der Waals surface area contributed by atoms with Gasteiger partial charge in [-0.15, -0.1) is 0 Å².